The Hall–Kier alpha value is -0.990. The van der Waals surface area contributed by atoms with Gasteiger partial charge in [0.1, 0.15) is 6.04 Å². The molecule has 1 aliphatic heterocycles. The van der Waals surface area contributed by atoms with Crippen LogP contribution in [0.5, 0.6) is 0 Å². The molecule has 0 bridgehead atoms. The number of aryl methyl sites for hydroxylation is 1. The zero-order valence-corrected chi connectivity index (χ0v) is 15.6. The quantitative estimate of drug-likeness (QED) is 0.785. The van der Waals surface area contributed by atoms with E-state index in [1.54, 1.807) is 14.0 Å². The lowest BCUT2D eigenvalue weighted by molar-refractivity contribution is 0.113. The van der Waals surface area contributed by atoms with Crippen LogP contribution in [-0.4, -0.2) is 48.4 Å². The smallest absolute Gasteiger partial charge is 0.245 e. The molecule has 0 amide bonds. The summed E-state index contributed by atoms with van der Waals surface area (Å²) in [6.07, 6.45) is 0.364. The molecule has 23 heavy (non-hydrogen) atoms. The Bertz CT molecular complexity index is 639. The third-order valence-corrected chi connectivity index (χ3v) is 7.08. The molecule has 0 spiro atoms. The van der Waals surface area contributed by atoms with Gasteiger partial charge in [0.2, 0.25) is 15.9 Å². The van der Waals surface area contributed by atoms with Crippen molar-refractivity contribution in [1.29, 1.82) is 0 Å². The summed E-state index contributed by atoms with van der Waals surface area (Å²) in [5.74, 6) is 1.17. The van der Waals surface area contributed by atoms with E-state index in [-0.39, 0.29) is 23.2 Å². The van der Waals surface area contributed by atoms with Crippen molar-refractivity contribution in [1.82, 2.24) is 14.4 Å². The lowest BCUT2D eigenvalue weighted by Crippen LogP contribution is -2.40. The van der Waals surface area contributed by atoms with Crippen LogP contribution in [0.4, 0.5) is 0 Å². The second-order valence-electron chi connectivity index (χ2n) is 7.26. The first kappa shape index (κ1) is 18.4. The van der Waals surface area contributed by atoms with Crippen molar-refractivity contribution in [3.8, 4) is 0 Å². The van der Waals surface area contributed by atoms with E-state index in [0.717, 1.165) is 0 Å². The monoisotopic (exact) mass is 345 g/mol. The molecule has 0 N–H and O–H groups in total. The fourth-order valence-electron chi connectivity index (χ4n) is 2.64. The first-order chi connectivity index (χ1) is 10.6. The third kappa shape index (κ3) is 3.92. The van der Waals surface area contributed by atoms with Gasteiger partial charge in [-0.1, -0.05) is 32.9 Å². The minimum atomic E-state index is -3.47. The number of ether oxygens (including phenoxy) is 1. The van der Waals surface area contributed by atoms with Gasteiger partial charge in [-0.05, 0) is 18.3 Å². The molecule has 1 aliphatic rings. The zero-order valence-electron chi connectivity index (χ0n) is 14.7. The summed E-state index contributed by atoms with van der Waals surface area (Å²) in [6.45, 7) is 10.1. The summed E-state index contributed by atoms with van der Waals surface area (Å²) < 4.78 is 38.0. The molecule has 0 radical (unpaired) electrons. The van der Waals surface area contributed by atoms with Crippen molar-refractivity contribution in [2.45, 2.75) is 53.2 Å². The predicted octanol–water partition coefficient (Wildman–Crippen LogP) is 2.15. The largest absolute Gasteiger partial charge is 0.380 e. The zero-order chi connectivity index (χ0) is 17.4. The maximum absolute atomic E-state index is 13.0. The standard InChI is InChI=1S/C15H27N3O4S/c1-10(2)15(4,5)9-23(19,20)18-8-12(21-6)7-13(18)14-16-11(3)17-22-14/h10,12-13H,7-9H2,1-6H3/t12-,13+/m0/s1. The van der Waals surface area contributed by atoms with Crippen molar-refractivity contribution in [2.24, 2.45) is 11.3 Å². The van der Waals surface area contributed by atoms with Gasteiger partial charge in [-0.25, -0.2) is 8.42 Å². The molecule has 2 atom stereocenters. The summed E-state index contributed by atoms with van der Waals surface area (Å²) in [4.78, 5) is 4.22. The Morgan fingerprint density at radius 2 is 2.09 bits per heavy atom. The highest BCUT2D eigenvalue weighted by atomic mass is 32.2. The average Bonchev–Trinajstić information content (AvgIpc) is 3.03. The van der Waals surface area contributed by atoms with Crippen LogP contribution >= 0.6 is 0 Å². The second-order valence-corrected chi connectivity index (χ2v) is 9.18. The van der Waals surface area contributed by atoms with Crippen molar-refractivity contribution in [3.63, 3.8) is 0 Å². The van der Waals surface area contributed by atoms with Gasteiger partial charge in [-0.2, -0.15) is 9.29 Å². The Morgan fingerprint density at radius 3 is 2.57 bits per heavy atom. The summed E-state index contributed by atoms with van der Waals surface area (Å²) >= 11 is 0. The van der Waals surface area contributed by atoms with Gasteiger partial charge >= 0.3 is 0 Å². The van der Waals surface area contributed by atoms with E-state index in [2.05, 4.69) is 10.1 Å². The molecule has 0 saturated carbocycles. The summed E-state index contributed by atoms with van der Waals surface area (Å²) in [6, 6.07) is -0.450. The molecule has 2 rings (SSSR count). The van der Waals surface area contributed by atoms with Gasteiger partial charge in [0, 0.05) is 20.1 Å². The van der Waals surface area contributed by atoms with E-state index < -0.39 is 16.1 Å². The lowest BCUT2D eigenvalue weighted by Gasteiger charge is -2.32. The van der Waals surface area contributed by atoms with Crippen LogP contribution in [0.15, 0.2) is 4.52 Å². The molecule has 0 unspecified atom stereocenters. The number of sulfonamides is 1. The lowest BCUT2D eigenvalue weighted by atomic mass is 9.83. The molecule has 1 fully saturated rings. The van der Waals surface area contributed by atoms with Gasteiger partial charge in [0.25, 0.3) is 0 Å². The fourth-order valence-corrected chi connectivity index (χ4v) is 5.04. The minimum Gasteiger partial charge on any atom is -0.380 e. The first-order valence-electron chi connectivity index (χ1n) is 7.89. The van der Waals surface area contributed by atoms with E-state index in [4.69, 9.17) is 9.26 Å². The van der Waals surface area contributed by atoms with Crippen molar-refractivity contribution >= 4 is 10.0 Å². The van der Waals surface area contributed by atoms with E-state index in [9.17, 15) is 8.42 Å². The van der Waals surface area contributed by atoms with E-state index in [1.165, 1.54) is 4.31 Å². The van der Waals surface area contributed by atoms with Crippen LogP contribution in [0.1, 0.15) is 51.9 Å². The van der Waals surface area contributed by atoms with Crippen LogP contribution in [0.25, 0.3) is 0 Å². The molecule has 0 aromatic carbocycles. The fraction of sp³-hybridized carbons (Fsp3) is 0.867. The topological polar surface area (TPSA) is 85.5 Å². The van der Waals surface area contributed by atoms with Gasteiger partial charge in [-0.3, -0.25) is 0 Å². The highest BCUT2D eigenvalue weighted by molar-refractivity contribution is 7.89. The van der Waals surface area contributed by atoms with Crippen LogP contribution in [0.2, 0.25) is 0 Å². The van der Waals surface area contributed by atoms with E-state index >= 15 is 0 Å². The maximum atomic E-state index is 13.0. The summed E-state index contributed by atoms with van der Waals surface area (Å²) in [5.41, 5.74) is -0.320. The van der Waals surface area contributed by atoms with Crippen LogP contribution in [0, 0.1) is 18.3 Å². The average molecular weight is 345 g/mol. The van der Waals surface area contributed by atoms with E-state index in [0.29, 0.717) is 24.7 Å². The Morgan fingerprint density at radius 1 is 1.43 bits per heavy atom. The molecule has 2 heterocycles. The SMILES string of the molecule is CO[C@H]1C[C@H](c2nc(C)no2)N(S(=O)(=O)CC(C)(C)C(C)C)C1. The molecular weight excluding hydrogens is 318 g/mol. The number of aromatic nitrogens is 2. The minimum absolute atomic E-state index is 0.0811. The number of rotatable bonds is 6. The first-order valence-corrected chi connectivity index (χ1v) is 9.50. The highest BCUT2D eigenvalue weighted by Gasteiger charge is 2.45. The molecule has 1 aromatic heterocycles. The highest BCUT2D eigenvalue weighted by Crippen LogP contribution is 2.37. The number of nitrogens with zero attached hydrogens (tertiary/aromatic N) is 3. The van der Waals surface area contributed by atoms with Gasteiger partial charge in [0.05, 0.1) is 11.9 Å². The van der Waals surface area contributed by atoms with Gasteiger partial charge in [-0.15, -0.1) is 0 Å². The molecule has 0 aliphatic carbocycles. The predicted molar refractivity (Wildman–Crippen MR) is 86.3 cm³/mol. The number of methoxy groups -OCH3 is 1. The van der Waals surface area contributed by atoms with Crippen LogP contribution in [-0.2, 0) is 14.8 Å². The maximum Gasteiger partial charge on any atom is 0.245 e. The molecule has 8 heteroatoms. The van der Waals surface area contributed by atoms with Crippen molar-refractivity contribution in [3.05, 3.63) is 11.7 Å². The number of hydrogen-bond donors (Lipinski definition) is 0. The van der Waals surface area contributed by atoms with E-state index in [1.807, 2.05) is 27.7 Å². The summed E-state index contributed by atoms with van der Waals surface area (Å²) in [7, 11) is -1.88. The Labute approximate surface area is 138 Å². The number of hydrogen-bond acceptors (Lipinski definition) is 6. The molecule has 7 nitrogen and oxygen atoms in total. The summed E-state index contributed by atoms with van der Waals surface area (Å²) in [5, 5.41) is 3.78. The third-order valence-electron chi connectivity index (χ3n) is 4.85. The normalized spacial score (nSPS) is 23.8. The Balaban J connectivity index is 2.30. The second kappa shape index (κ2) is 6.49. The van der Waals surface area contributed by atoms with Crippen LogP contribution < -0.4 is 0 Å². The molecule has 132 valence electrons. The van der Waals surface area contributed by atoms with Crippen molar-refractivity contribution < 1.29 is 17.7 Å². The molecular formula is C15H27N3O4S. The van der Waals surface area contributed by atoms with Crippen molar-refractivity contribution in [2.75, 3.05) is 19.4 Å². The van der Waals surface area contributed by atoms with Crippen LogP contribution in [0.3, 0.4) is 0 Å². The molecule has 1 aromatic rings. The molecule has 1 saturated heterocycles. The Kier molecular flexibility index (Phi) is 5.18. The van der Waals surface area contributed by atoms with Gasteiger partial charge < -0.3 is 9.26 Å². The van der Waals surface area contributed by atoms with Gasteiger partial charge in [0.15, 0.2) is 5.82 Å².